The number of hydrogen-bond donors (Lipinski definition) is 7. The highest BCUT2D eigenvalue weighted by Gasteiger charge is 2.29. The largest absolute Gasteiger partial charge is 0.481 e. The molecule has 0 saturated heterocycles. The Hall–Kier alpha value is -2.73. The summed E-state index contributed by atoms with van der Waals surface area (Å²) in [5.74, 6) is -5.20. The molecule has 0 rings (SSSR count). The Morgan fingerprint density at radius 3 is 1.89 bits per heavy atom. The Kier molecular flexibility index (Phi) is 10.6. The van der Waals surface area contributed by atoms with Gasteiger partial charge in [0.15, 0.2) is 0 Å². The van der Waals surface area contributed by atoms with E-state index in [9.17, 15) is 29.1 Å². The third kappa shape index (κ3) is 10.1. The summed E-state index contributed by atoms with van der Waals surface area (Å²) in [5.41, 5.74) is 5.46. The minimum absolute atomic E-state index is 0.0508. The minimum atomic E-state index is -1.42. The molecule has 8 N–H and O–H groups in total. The van der Waals surface area contributed by atoms with Crippen LogP contribution in [0.3, 0.4) is 0 Å². The number of rotatable bonds is 12. The zero-order valence-electron chi connectivity index (χ0n) is 15.1. The number of carbonyl (C=O) groups excluding carboxylic acids is 3. The molecule has 154 valence electrons. The van der Waals surface area contributed by atoms with Gasteiger partial charge in [-0.3, -0.25) is 24.0 Å². The SMILES string of the molecule is CC(C)CC(NC(=O)C(N)CC(=O)O)C(=O)NC(CO)C(=O)NCC(=O)O. The lowest BCUT2D eigenvalue weighted by Gasteiger charge is -2.24. The molecule has 0 spiro atoms. The average molecular weight is 390 g/mol. The Morgan fingerprint density at radius 1 is 0.889 bits per heavy atom. The van der Waals surface area contributed by atoms with Crippen LogP contribution in [-0.4, -0.2) is 76.3 Å². The highest BCUT2D eigenvalue weighted by atomic mass is 16.4. The maximum atomic E-state index is 12.4. The van der Waals surface area contributed by atoms with Gasteiger partial charge in [-0.25, -0.2) is 0 Å². The van der Waals surface area contributed by atoms with Crippen LogP contribution in [0.4, 0.5) is 0 Å². The summed E-state index contributed by atoms with van der Waals surface area (Å²) in [6, 6.07) is -3.91. The predicted octanol–water partition coefficient (Wildman–Crippen LogP) is -3.00. The number of hydrogen-bond acceptors (Lipinski definition) is 7. The predicted molar refractivity (Wildman–Crippen MR) is 91.3 cm³/mol. The van der Waals surface area contributed by atoms with Gasteiger partial charge in [-0.05, 0) is 12.3 Å². The first-order valence-electron chi connectivity index (χ1n) is 8.16. The molecule has 0 aliphatic heterocycles. The molecule has 0 heterocycles. The molecule has 0 radical (unpaired) electrons. The van der Waals surface area contributed by atoms with Gasteiger partial charge in [0.05, 0.1) is 19.1 Å². The summed E-state index contributed by atoms with van der Waals surface area (Å²) in [7, 11) is 0. The number of amides is 3. The first kappa shape index (κ1) is 24.3. The van der Waals surface area contributed by atoms with Crippen LogP contribution in [0.5, 0.6) is 0 Å². The van der Waals surface area contributed by atoms with E-state index in [2.05, 4.69) is 10.6 Å². The number of aliphatic hydroxyl groups is 1. The summed E-state index contributed by atoms with van der Waals surface area (Å²) in [5, 5.41) is 33.0. The number of aliphatic hydroxyl groups excluding tert-OH is 1. The molecule has 12 nitrogen and oxygen atoms in total. The van der Waals surface area contributed by atoms with Gasteiger partial charge in [0.25, 0.3) is 0 Å². The maximum Gasteiger partial charge on any atom is 0.322 e. The Labute approximate surface area is 155 Å². The number of nitrogens with two attached hydrogens (primary N) is 1. The standard InChI is InChI=1S/C15H26N4O8/c1-7(2)3-9(18-13(25)8(16)4-11(21)22)15(27)19-10(6-20)14(26)17-5-12(23)24/h7-10,20H,3-6,16H2,1-2H3,(H,17,26)(H,18,25)(H,19,27)(H,21,22)(H,23,24). The van der Waals surface area contributed by atoms with Crippen LogP contribution in [0.1, 0.15) is 26.7 Å². The topological polar surface area (TPSA) is 208 Å². The van der Waals surface area contributed by atoms with Crippen LogP contribution >= 0.6 is 0 Å². The van der Waals surface area contributed by atoms with E-state index < -0.39 is 67.4 Å². The molecule has 3 unspecified atom stereocenters. The third-order valence-electron chi connectivity index (χ3n) is 3.30. The molecule has 0 fully saturated rings. The number of carbonyl (C=O) groups is 5. The van der Waals surface area contributed by atoms with Crippen molar-refractivity contribution in [2.75, 3.05) is 13.2 Å². The second-order valence-electron chi connectivity index (χ2n) is 6.25. The Bertz CT molecular complexity index is 566. The first-order chi connectivity index (χ1) is 12.5. The van der Waals surface area contributed by atoms with Crippen LogP contribution in [0, 0.1) is 5.92 Å². The van der Waals surface area contributed by atoms with Gasteiger partial charge >= 0.3 is 11.9 Å². The molecule has 0 aromatic heterocycles. The Morgan fingerprint density at radius 2 is 1.44 bits per heavy atom. The van der Waals surface area contributed by atoms with Crippen molar-refractivity contribution in [3.05, 3.63) is 0 Å². The van der Waals surface area contributed by atoms with Crippen molar-refractivity contribution in [1.29, 1.82) is 0 Å². The highest BCUT2D eigenvalue weighted by Crippen LogP contribution is 2.06. The number of aliphatic carboxylic acids is 2. The van der Waals surface area contributed by atoms with Crippen molar-refractivity contribution in [3.63, 3.8) is 0 Å². The van der Waals surface area contributed by atoms with Gasteiger partial charge in [-0.2, -0.15) is 0 Å². The molecule has 12 heteroatoms. The molecule has 0 aromatic rings. The summed E-state index contributed by atoms with van der Waals surface area (Å²) in [4.78, 5) is 57.2. The van der Waals surface area contributed by atoms with E-state index in [1.54, 1.807) is 13.8 Å². The molecular formula is C15H26N4O8. The zero-order valence-corrected chi connectivity index (χ0v) is 15.1. The first-order valence-corrected chi connectivity index (χ1v) is 8.16. The maximum absolute atomic E-state index is 12.4. The van der Waals surface area contributed by atoms with Crippen molar-refractivity contribution < 1.29 is 39.3 Å². The number of carboxylic acid groups (broad SMARTS) is 2. The molecule has 0 aromatic carbocycles. The molecule has 0 aliphatic carbocycles. The lowest BCUT2D eigenvalue weighted by atomic mass is 10.0. The average Bonchev–Trinajstić information content (AvgIpc) is 2.55. The summed E-state index contributed by atoms with van der Waals surface area (Å²) >= 11 is 0. The number of carboxylic acids is 2. The van der Waals surface area contributed by atoms with Crippen LogP contribution in [-0.2, 0) is 24.0 Å². The van der Waals surface area contributed by atoms with Gasteiger partial charge in [0.2, 0.25) is 17.7 Å². The lowest BCUT2D eigenvalue weighted by molar-refractivity contribution is -0.140. The third-order valence-corrected chi connectivity index (χ3v) is 3.30. The van der Waals surface area contributed by atoms with Crippen molar-refractivity contribution in [3.8, 4) is 0 Å². The van der Waals surface area contributed by atoms with Crippen molar-refractivity contribution >= 4 is 29.7 Å². The molecule has 27 heavy (non-hydrogen) atoms. The van der Waals surface area contributed by atoms with E-state index in [0.29, 0.717) is 0 Å². The van der Waals surface area contributed by atoms with Gasteiger partial charge in [-0.15, -0.1) is 0 Å². The fourth-order valence-electron chi connectivity index (χ4n) is 2.01. The van der Waals surface area contributed by atoms with Crippen molar-refractivity contribution in [2.45, 2.75) is 44.8 Å². The van der Waals surface area contributed by atoms with Gasteiger partial charge < -0.3 is 37.0 Å². The Balaban J connectivity index is 5.02. The fraction of sp³-hybridized carbons (Fsp3) is 0.667. The van der Waals surface area contributed by atoms with Gasteiger partial charge in [-0.1, -0.05) is 13.8 Å². The van der Waals surface area contributed by atoms with E-state index in [1.807, 2.05) is 5.32 Å². The molecule has 3 atom stereocenters. The van der Waals surface area contributed by atoms with Gasteiger partial charge in [0.1, 0.15) is 18.6 Å². The number of nitrogens with one attached hydrogen (secondary N) is 3. The van der Waals surface area contributed by atoms with Crippen LogP contribution < -0.4 is 21.7 Å². The smallest absolute Gasteiger partial charge is 0.322 e. The second-order valence-corrected chi connectivity index (χ2v) is 6.25. The molecular weight excluding hydrogens is 364 g/mol. The van der Waals surface area contributed by atoms with E-state index in [4.69, 9.17) is 15.9 Å². The molecule has 0 saturated carbocycles. The van der Waals surface area contributed by atoms with Crippen molar-refractivity contribution in [2.24, 2.45) is 11.7 Å². The fourth-order valence-corrected chi connectivity index (χ4v) is 2.01. The highest BCUT2D eigenvalue weighted by molar-refractivity contribution is 5.94. The van der Waals surface area contributed by atoms with Crippen LogP contribution in [0.2, 0.25) is 0 Å². The molecule has 3 amide bonds. The quantitative estimate of drug-likeness (QED) is 0.181. The normalized spacial score (nSPS) is 14.0. The van der Waals surface area contributed by atoms with E-state index in [0.717, 1.165) is 0 Å². The zero-order chi connectivity index (χ0) is 21.1. The summed E-state index contributed by atoms with van der Waals surface area (Å²) in [6.45, 7) is 2.05. The molecule has 0 bridgehead atoms. The van der Waals surface area contributed by atoms with Crippen molar-refractivity contribution in [1.82, 2.24) is 16.0 Å². The van der Waals surface area contributed by atoms with E-state index in [-0.39, 0.29) is 12.3 Å². The van der Waals surface area contributed by atoms with Crippen LogP contribution in [0.25, 0.3) is 0 Å². The van der Waals surface area contributed by atoms with Crippen LogP contribution in [0.15, 0.2) is 0 Å². The molecule has 0 aliphatic rings. The second kappa shape index (κ2) is 11.8. The summed E-state index contributed by atoms with van der Waals surface area (Å²) < 4.78 is 0. The van der Waals surface area contributed by atoms with Gasteiger partial charge in [0, 0.05) is 0 Å². The monoisotopic (exact) mass is 390 g/mol. The minimum Gasteiger partial charge on any atom is -0.481 e. The lowest BCUT2D eigenvalue weighted by Crippen LogP contribution is -2.57. The van der Waals surface area contributed by atoms with E-state index in [1.165, 1.54) is 0 Å². The van der Waals surface area contributed by atoms with E-state index >= 15 is 0 Å². The summed E-state index contributed by atoms with van der Waals surface area (Å²) in [6.07, 6.45) is -0.467.